The van der Waals surface area contributed by atoms with Gasteiger partial charge in [0.05, 0.1) is 0 Å². The monoisotopic (exact) mass is 249 g/mol. The number of hydrogen-bond acceptors (Lipinski definition) is 0. The summed E-state index contributed by atoms with van der Waals surface area (Å²) in [5.41, 5.74) is 1.75. The molecule has 1 aromatic carbocycles. The molecule has 2 rings (SSSR count). The summed E-state index contributed by atoms with van der Waals surface area (Å²) < 4.78 is 0. The molecule has 1 aromatic rings. The van der Waals surface area contributed by atoms with Crippen LogP contribution >= 0.6 is 11.6 Å². The van der Waals surface area contributed by atoms with E-state index in [2.05, 4.69) is 39.3 Å². The minimum atomic E-state index is 0.315. The molecule has 0 amide bonds. The maximum absolute atomic E-state index is 5.95. The van der Waals surface area contributed by atoms with Crippen LogP contribution in [0.4, 0.5) is 0 Å². The minimum Gasteiger partial charge on any atom is -0.0843 e. The largest absolute Gasteiger partial charge is 0.0843 e. The van der Waals surface area contributed by atoms with E-state index in [1.165, 1.54) is 24.8 Å². The summed E-state index contributed by atoms with van der Waals surface area (Å²) in [5, 5.41) is 0.831. The summed E-state index contributed by atoms with van der Waals surface area (Å²) in [4.78, 5) is 0. The highest BCUT2D eigenvalue weighted by Crippen LogP contribution is 2.42. The number of halogens is 1. The second-order valence-electron chi connectivity index (χ2n) is 5.95. The van der Waals surface area contributed by atoms with Gasteiger partial charge in [-0.05, 0) is 60.6 Å². The van der Waals surface area contributed by atoms with E-state index in [9.17, 15) is 0 Å². The molecule has 1 aliphatic rings. The smallest absolute Gasteiger partial charge is 0.0406 e. The fourth-order valence-corrected chi connectivity index (χ4v) is 2.96. The molecule has 0 aliphatic heterocycles. The third kappa shape index (κ3) is 2.85. The Bertz CT molecular complexity index is 356. The topological polar surface area (TPSA) is 0 Å². The number of benzene rings is 1. The van der Waals surface area contributed by atoms with E-state index in [0.29, 0.717) is 5.41 Å². The SMILES string of the molecule is CC(C)C1[CH]CC(C)(c2ccc(Cl)cc2)CC1. The molecule has 0 nitrogen and oxygen atoms in total. The molecular weight excluding hydrogens is 228 g/mol. The van der Waals surface area contributed by atoms with Gasteiger partial charge in [-0.2, -0.15) is 0 Å². The molecule has 0 aromatic heterocycles. The predicted molar refractivity (Wildman–Crippen MR) is 75.3 cm³/mol. The van der Waals surface area contributed by atoms with Gasteiger partial charge in [-0.3, -0.25) is 0 Å². The van der Waals surface area contributed by atoms with Gasteiger partial charge in [0.25, 0.3) is 0 Å². The zero-order chi connectivity index (χ0) is 12.5. The van der Waals surface area contributed by atoms with Gasteiger partial charge in [0.2, 0.25) is 0 Å². The molecule has 0 saturated heterocycles. The van der Waals surface area contributed by atoms with Crippen LogP contribution in [0.2, 0.25) is 5.02 Å². The summed E-state index contributed by atoms with van der Waals surface area (Å²) in [6.45, 7) is 7.03. The number of hydrogen-bond donors (Lipinski definition) is 0. The van der Waals surface area contributed by atoms with Crippen molar-refractivity contribution in [2.24, 2.45) is 11.8 Å². The van der Waals surface area contributed by atoms with Crippen LogP contribution in [-0.2, 0) is 5.41 Å². The Hall–Kier alpha value is -0.490. The fourth-order valence-electron chi connectivity index (χ4n) is 2.84. The molecule has 2 atom stereocenters. The lowest BCUT2D eigenvalue weighted by atomic mass is 9.66. The van der Waals surface area contributed by atoms with Crippen molar-refractivity contribution in [1.82, 2.24) is 0 Å². The lowest BCUT2D eigenvalue weighted by Gasteiger charge is -2.39. The molecular formula is C16H22Cl. The first-order valence-corrected chi connectivity index (χ1v) is 6.98. The average Bonchev–Trinajstić information content (AvgIpc) is 2.30. The van der Waals surface area contributed by atoms with Crippen molar-refractivity contribution in [3.63, 3.8) is 0 Å². The molecule has 17 heavy (non-hydrogen) atoms. The Labute approximate surface area is 110 Å². The number of rotatable bonds is 2. The Morgan fingerprint density at radius 2 is 1.88 bits per heavy atom. The van der Waals surface area contributed by atoms with E-state index in [1.807, 2.05) is 12.1 Å². The van der Waals surface area contributed by atoms with Gasteiger partial charge in [-0.25, -0.2) is 0 Å². The molecule has 93 valence electrons. The fraction of sp³-hybridized carbons (Fsp3) is 0.562. The van der Waals surface area contributed by atoms with E-state index in [1.54, 1.807) is 0 Å². The summed E-state index contributed by atoms with van der Waals surface area (Å²) >= 11 is 5.95. The zero-order valence-electron chi connectivity index (χ0n) is 11.0. The molecule has 0 N–H and O–H groups in total. The van der Waals surface area contributed by atoms with Crippen LogP contribution in [0.5, 0.6) is 0 Å². The normalized spacial score (nSPS) is 29.6. The highest BCUT2D eigenvalue weighted by molar-refractivity contribution is 6.30. The van der Waals surface area contributed by atoms with Crippen LogP contribution in [0, 0.1) is 18.3 Å². The van der Waals surface area contributed by atoms with Crippen molar-refractivity contribution in [1.29, 1.82) is 0 Å². The van der Waals surface area contributed by atoms with Gasteiger partial charge in [0, 0.05) is 5.02 Å². The molecule has 2 unspecified atom stereocenters. The molecule has 0 heterocycles. The molecule has 1 heteroatoms. The highest BCUT2D eigenvalue weighted by Gasteiger charge is 2.33. The van der Waals surface area contributed by atoms with E-state index in [4.69, 9.17) is 11.6 Å². The second kappa shape index (κ2) is 5.02. The van der Waals surface area contributed by atoms with Crippen LogP contribution in [0.25, 0.3) is 0 Å². The zero-order valence-corrected chi connectivity index (χ0v) is 11.8. The van der Waals surface area contributed by atoms with Crippen molar-refractivity contribution >= 4 is 11.6 Å². The lowest BCUT2D eigenvalue weighted by Crippen LogP contribution is -2.30. The van der Waals surface area contributed by atoms with Crippen LogP contribution in [0.1, 0.15) is 45.6 Å². The molecule has 1 aliphatic carbocycles. The van der Waals surface area contributed by atoms with Gasteiger partial charge >= 0.3 is 0 Å². The van der Waals surface area contributed by atoms with Crippen LogP contribution in [-0.4, -0.2) is 0 Å². The molecule has 0 bridgehead atoms. The Balaban J connectivity index is 2.09. The first-order valence-electron chi connectivity index (χ1n) is 6.61. The first kappa shape index (κ1) is 13.0. The van der Waals surface area contributed by atoms with Crippen LogP contribution in [0.15, 0.2) is 24.3 Å². The maximum atomic E-state index is 5.95. The average molecular weight is 250 g/mol. The van der Waals surface area contributed by atoms with Crippen molar-refractivity contribution < 1.29 is 0 Å². The van der Waals surface area contributed by atoms with E-state index >= 15 is 0 Å². The quantitative estimate of drug-likeness (QED) is 0.671. The maximum Gasteiger partial charge on any atom is 0.0406 e. The van der Waals surface area contributed by atoms with Crippen LogP contribution < -0.4 is 0 Å². The molecule has 0 spiro atoms. The Morgan fingerprint density at radius 1 is 1.24 bits per heavy atom. The molecule has 1 fully saturated rings. The summed E-state index contributed by atoms with van der Waals surface area (Å²) in [7, 11) is 0. The van der Waals surface area contributed by atoms with Gasteiger partial charge in [0.1, 0.15) is 0 Å². The third-order valence-corrected chi connectivity index (χ3v) is 4.55. The standard InChI is InChI=1S/C16H22Cl/c1-12(2)13-8-10-16(3,11-9-13)14-4-6-15(17)7-5-14/h4-8,12-13H,9-11H2,1-3H3. The van der Waals surface area contributed by atoms with E-state index < -0.39 is 0 Å². The first-order chi connectivity index (χ1) is 8.01. The summed E-state index contributed by atoms with van der Waals surface area (Å²) in [5.74, 6) is 1.58. The second-order valence-corrected chi connectivity index (χ2v) is 6.39. The third-order valence-electron chi connectivity index (χ3n) is 4.30. The van der Waals surface area contributed by atoms with Crippen molar-refractivity contribution in [2.45, 2.75) is 45.4 Å². The lowest BCUT2D eigenvalue weighted by molar-refractivity contribution is 0.266. The van der Waals surface area contributed by atoms with Gasteiger partial charge in [0.15, 0.2) is 0 Å². The van der Waals surface area contributed by atoms with Gasteiger partial charge in [-0.1, -0.05) is 44.5 Å². The van der Waals surface area contributed by atoms with Crippen molar-refractivity contribution in [3.8, 4) is 0 Å². The molecule has 1 saturated carbocycles. The minimum absolute atomic E-state index is 0.315. The van der Waals surface area contributed by atoms with Gasteiger partial charge < -0.3 is 0 Å². The predicted octanol–water partition coefficient (Wildman–Crippen LogP) is 5.26. The Kier molecular flexibility index (Phi) is 3.82. The van der Waals surface area contributed by atoms with Gasteiger partial charge in [-0.15, -0.1) is 0 Å². The van der Waals surface area contributed by atoms with Crippen LogP contribution in [0.3, 0.4) is 0 Å². The van der Waals surface area contributed by atoms with E-state index in [0.717, 1.165) is 16.9 Å². The molecule has 1 radical (unpaired) electrons. The summed E-state index contributed by atoms with van der Waals surface area (Å²) in [6, 6.07) is 8.39. The van der Waals surface area contributed by atoms with Crippen molar-refractivity contribution in [2.75, 3.05) is 0 Å². The van der Waals surface area contributed by atoms with E-state index in [-0.39, 0.29) is 0 Å². The Morgan fingerprint density at radius 3 is 2.35 bits per heavy atom. The van der Waals surface area contributed by atoms with Crippen molar-refractivity contribution in [3.05, 3.63) is 41.3 Å². The summed E-state index contributed by atoms with van der Waals surface area (Å²) in [6.07, 6.45) is 6.32. The highest BCUT2D eigenvalue weighted by atomic mass is 35.5.